The fraction of sp³-hybridized carbons (Fsp3) is 0.467. The fourth-order valence-electron chi connectivity index (χ4n) is 2.26. The van der Waals surface area contributed by atoms with Crippen molar-refractivity contribution in [1.29, 1.82) is 5.26 Å². The second-order valence-corrected chi connectivity index (χ2v) is 5.66. The second kappa shape index (κ2) is 8.61. The molecule has 1 N–H and O–H groups in total. The van der Waals surface area contributed by atoms with Crippen LogP contribution in [0.5, 0.6) is 5.75 Å². The Kier molecular flexibility index (Phi) is 6.49. The van der Waals surface area contributed by atoms with Crippen molar-refractivity contribution in [2.24, 2.45) is 4.99 Å². The van der Waals surface area contributed by atoms with Crippen molar-refractivity contribution < 1.29 is 9.13 Å². The van der Waals surface area contributed by atoms with Gasteiger partial charge in [-0.25, -0.2) is 9.38 Å². The molecular formula is C15H19FN4OS. The van der Waals surface area contributed by atoms with E-state index in [0.29, 0.717) is 17.5 Å². The number of halogens is 1. The highest BCUT2D eigenvalue weighted by atomic mass is 32.2. The molecular weight excluding hydrogens is 303 g/mol. The van der Waals surface area contributed by atoms with Crippen LogP contribution in [0.25, 0.3) is 0 Å². The summed E-state index contributed by atoms with van der Waals surface area (Å²) in [6, 6.07) is 4.55. The Labute approximate surface area is 134 Å². The summed E-state index contributed by atoms with van der Waals surface area (Å²) in [6.45, 7) is 3.50. The molecule has 0 radical (unpaired) electrons. The van der Waals surface area contributed by atoms with Crippen LogP contribution in [0.15, 0.2) is 23.2 Å². The first-order valence-corrected chi connectivity index (χ1v) is 8.38. The van der Waals surface area contributed by atoms with Gasteiger partial charge in [0.05, 0.1) is 5.69 Å². The number of nitrogens with zero attached hydrogens (tertiary/aromatic N) is 3. The molecule has 0 aliphatic carbocycles. The van der Waals surface area contributed by atoms with Gasteiger partial charge >= 0.3 is 0 Å². The maximum Gasteiger partial charge on any atom is 0.183 e. The van der Waals surface area contributed by atoms with E-state index in [0.717, 1.165) is 19.6 Å². The number of amidine groups is 1. The van der Waals surface area contributed by atoms with Crippen molar-refractivity contribution in [1.82, 2.24) is 10.2 Å². The number of nitriles is 1. The van der Waals surface area contributed by atoms with Crippen molar-refractivity contribution >= 4 is 22.6 Å². The van der Waals surface area contributed by atoms with E-state index in [2.05, 4.69) is 15.2 Å². The van der Waals surface area contributed by atoms with Gasteiger partial charge in [0.2, 0.25) is 0 Å². The summed E-state index contributed by atoms with van der Waals surface area (Å²) in [5.41, 5.74) is 0.441. The van der Waals surface area contributed by atoms with E-state index < -0.39 is 5.82 Å². The molecule has 0 atom stereocenters. The number of thioether (sulfide) groups is 1. The van der Waals surface area contributed by atoms with Crippen LogP contribution in [-0.2, 0) is 0 Å². The van der Waals surface area contributed by atoms with Crippen LogP contribution >= 0.6 is 11.8 Å². The van der Waals surface area contributed by atoms with Crippen molar-refractivity contribution in [3.63, 3.8) is 0 Å². The molecule has 22 heavy (non-hydrogen) atoms. The van der Waals surface area contributed by atoms with E-state index in [9.17, 15) is 4.39 Å². The number of ether oxygens (including phenoxy) is 1. The summed E-state index contributed by atoms with van der Waals surface area (Å²) in [5.74, 6) is -0.211. The molecule has 1 fully saturated rings. The lowest BCUT2D eigenvalue weighted by atomic mass is 10.3. The monoisotopic (exact) mass is 322 g/mol. The van der Waals surface area contributed by atoms with Gasteiger partial charge in [-0.2, -0.15) is 5.26 Å². The van der Waals surface area contributed by atoms with Crippen molar-refractivity contribution in [2.75, 3.05) is 32.5 Å². The number of aliphatic imine (C=N–C) groups is 1. The van der Waals surface area contributed by atoms with Crippen LogP contribution in [-0.4, -0.2) is 42.6 Å². The maximum atomic E-state index is 14.0. The lowest BCUT2D eigenvalue weighted by molar-refractivity contribution is 0.231. The topological polar surface area (TPSA) is 60.6 Å². The first-order chi connectivity index (χ1) is 10.7. The molecule has 0 bridgehead atoms. The maximum absolute atomic E-state index is 14.0. The zero-order chi connectivity index (χ0) is 15.8. The summed E-state index contributed by atoms with van der Waals surface area (Å²) in [4.78, 5) is 6.47. The van der Waals surface area contributed by atoms with E-state index in [1.54, 1.807) is 24.6 Å². The Hall–Kier alpha value is -1.78. The first kappa shape index (κ1) is 16.6. The van der Waals surface area contributed by atoms with Gasteiger partial charge < -0.3 is 4.74 Å². The Bertz CT molecular complexity index is 567. The molecule has 0 spiro atoms. The fourth-order valence-corrected chi connectivity index (χ4v) is 2.60. The number of benzene rings is 1. The average Bonchev–Trinajstić information content (AvgIpc) is 3.02. The van der Waals surface area contributed by atoms with Crippen LogP contribution in [0.1, 0.15) is 12.8 Å². The quantitative estimate of drug-likeness (QED) is 0.391. The molecule has 0 saturated carbocycles. The van der Waals surface area contributed by atoms with Crippen molar-refractivity contribution in [3.8, 4) is 11.9 Å². The SMILES string of the molecule is CSC(=Nc1ccc(OCCN2CCCC2)c(F)c1)NC#N. The third-order valence-electron chi connectivity index (χ3n) is 3.37. The van der Waals surface area contributed by atoms with Crippen LogP contribution in [0, 0.1) is 17.3 Å². The summed E-state index contributed by atoms with van der Waals surface area (Å²) in [7, 11) is 0. The molecule has 1 aliphatic rings. The number of rotatable bonds is 5. The minimum absolute atomic E-state index is 0.233. The van der Waals surface area contributed by atoms with Gasteiger partial charge in [0.1, 0.15) is 6.61 Å². The van der Waals surface area contributed by atoms with Gasteiger partial charge in [0, 0.05) is 12.6 Å². The minimum atomic E-state index is -0.444. The van der Waals surface area contributed by atoms with E-state index in [1.807, 2.05) is 0 Å². The third kappa shape index (κ3) is 4.90. The molecule has 1 heterocycles. The molecule has 1 aromatic rings. The van der Waals surface area contributed by atoms with Crippen LogP contribution < -0.4 is 10.1 Å². The van der Waals surface area contributed by atoms with Gasteiger partial charge in [-0.15, -0.1) is 0 Å². The molecule has 0 unspecified atom stereocenters. The van der Waals surface area contributed by atoms with E-state index >= 15 is 0 Å². The van der Waals surface area contributed by atoms with Gasteiger partial charge in [0.25, 0.3) is 0 Å². The lowest BCUT2D eigenvalue weighted by Crippen LogP contribution is -2.25. The zero-order valence-corrected chi connectivity index (χ0v) is 13.3. The molecule has 118 valence electrons. The second-order valence-electron chi connectivity index (χ2n) is 4.87. The molecule has 1 aromatic carbocycles. The highest BCUT2D eigenvalue weighted by Gasteiger charge is 2.11. The molecule has 7 heteroatoms. The number of likely N-dealkylation sites (tertiary alicyclic amines) is 1. The van der Waals surface area contributed by atoms with Crippen LogP contribution in [0.2, 0.25) is 0 Å². The Morgan fingerprint density at radius 2 is 2.27 bits per heavy atom. The first-order valence-electron chi connectivity index (χ1n) is 7.15. The molecule has 0 aromatic heterocycles. The summed E-state index contributed by atoms with van der Waals surface area (Å²) in [6.07, 6.45) is 6.05. The van der Waals surface area contributed by atoms with Crippen molar-refractivity contribution in [3.05, 3.63) is 24.0 Å². The predicted molar refractivity (Wildman–Crippen MR) is 86.9 cm³/mol. The summed E-state index contributed by atoms with van der Waals surface area (Å²) >= 11 is 1.28. The standard InChI is InChI=1S/C15H19FN4OS/c1-22-15(18-11-17)19-12-4-5-14(13(16)10-12)21-9-8-20-6-2-3-7-20/h4-5,10H,2-3,6-9H2,1H3,(H,18,19). The molecule has 0 amide bonds. The Morgan fingerprint density at radius 1 is 1.50 bits per heavy atom. The number of hydrogen-bond donors (Lipinski definition) is 1. The smallest absolute Gasteiger partial charge is 0.183 e. The van der Waals surface area contributed by atoms with Gasteiger partial charge in [-0.05, 0) is 44.3 Å². The van der Waals surface area contributed by atoms with E-state index in [1.165, 1.54) is 30.7 Å². The summed E-state index contributed by atoms with van der Waals surface area (Å²) in [5, 5.41) is 11.4. The predicted octanol–water partition coefficient (Wildman–Crippen LogP) is 2.72. The van der Waals surface area contributed by atoms with E-state index in [4.69, 9.17) is 10.00 Å². The molecule has 1 aliphatic heterocycles. The van der Waals surface area contributed by atoms with Crippen LogP contribution in [0.4, 0.5) is 10.1 Å². The van der Waals surface area contributed by atoms with Gasteiger partial charge in [-0.3, -0.25) is 10.2 Å². The van der Waals surface area contributed by atoms with Crippen molar-refractivity contribution in [2.45, 2.75) is 12.8 Å². The average molecular weight is 322 g/mol. The molecule has 5 nitrogen and oxygen atoms in total. The zero-order valence-electron chi connectivity index (χ0n) is 12.5. The number of hydrogen-bond acceptors (Lipinski definition) is 5. The highest BCUT2D eigenvalue weighted by molar-refractivity contribution is 8.13. The van der Waals surface area contributed by atoms with Crippen LogP contribution in [0.3, 0.4) is 0 Å². The highest BCUT2D eigenvalue weighted by Crippen LogP contribution is 2.23. The van der Waals surface area contributed by atoms with E-state index in [-0.39, 0.29) is 5.75 Å². The van der Waals surface area contributed by atoms with Gasteiger partial charge in [0.15, 0.2) is 22.9 Å². The normalized spacial score (nSPS) is 15.6. The minimum Gasteiger partial charge on any atom is -0.489 e. The lowest BCUT2D eigenvalue weighted by Gasteiger charge is -2.15. The Balaban J connectivity index is 1.92. The third-order valence-corrected chi connectivity index (χ3v) is 3.95. The molecule has 2 rings (SSSR count). The summed E-state index contributed by atoms with van der Waals surface area (Å²) < 4.78 is 19.5. The molecule has 1 saturated heterocycles. The van der Waals surface area contributed by atoms with Gasteiger partial charge in [-0.1, -0.05) is 11.8 Å². The Morgan fingerprint density at radius 3 is 2.91 bits per heavy atom. The number of nitrogens with one attached hydrogen (secondary N) is 1. The largest absolute Gasteiger partial charge is 0.489 e.